The van der Waals surface area contributed by atoms with Crippen molar-refractivity contribution in [3.8, 4) is 0 Å². The molecule has 0 saturated carbocycles. The normalized spacial score (nSPS) is 17.5. The summed E-state index contributed by atoms with van der Waals surface area (Å²) < 4.78 is 0. The quantitative estimate of drug-likeness (QED) is 0.746. The Hall–Kier alpha value is -0.900. The van der Waals surface area contributed by atoms with Gasteiger partial charge in [0.05, 0.1) is 6.61 Å². The first-order chi connectivity index (χ1) is 7.79. The lowest BCUT2D eigenvalue weighted by molar-refractivity contribution is -0.0509. The van der Waals surface area contributed by atoms with Crippen LogP contribution < -0.4 is 5.32 Å². The molecule has 3 heteroatoms. The molecular formula is C14H23NO2. The van der Waals surface area contributed by atoms with Gasteiger partial charge in [0.2, 0.25) is 0 Å². The maximum atomic E-state index is 10.6. The summed E-state index contributed by atoms with van der Waals surface area (Å²) in [6.07, 6.45) is 0. The van der Waals surface area contributed by atoms with Crippen molar-refractivity contribution in [3.05, 3.63) is 35.9 Å². The van der Waals surface area contributed by atoms with Gasteiger partial charge in [-0.3, -0.25) is 0 Å². The van der Waals surface area contributed by atoms with Gasteiger partial charge in [0.1, 0.15) is 5.60 Å². The average molecular weight is 237 g/mol. The van der Waals surface area contributed by atoms with Gasteiger partial charge in [-0.1, -0.05) is 30.3 Å². The highest BCUT2D eigenvalue weighted by Crippen LogP contribution is 2.25. The van der Waals surface area contributed by atoms with Gasteiger partial charge in [-0.05, 0) is 33.3 Å². The molecule has 0 aliphatic carbocycles. The molecule has 3 N–H and O–H groups in total. The van der Waals surface area contributed by atoms with Gasteiger partial charge in [-0.25, -0.2) is 0 Å². The Morgan fingerprint density at radius 1 is 1.18 bits per heavy atom. The summed E-state index contributed by atoms with van der Waals surface area (Å²) in [6.45, 7) is 7.68. The molecule has 0 fully saturated rings. The summed E-state index contributed by atoms with van der Waals surface area (Å²) in [5.41, 5.74) is -0.641. The predicted molar refractivity (Wildman–Crippen MR) is 69.8 cm³/mol. The summed E-state index contributed by atoms with van der Waals surface area (Å²) in [7, 11) is 0. The molecule has 2 atom stereocenters. The Morgan fingerprint density at radius 3 is 2.12 bits per heavy atom. The molecule has 0 saturated heterocycles. The highest BCUT2D eigenvalue weighted by atomic mass is 16.3. The zero-order chi connectivity index (χ0) is 13.1. The molecule has 2 unspecified atom stereocenters. The van der Waals surface area contributed by atoms with Crippen LogP contribution in [0.2, 0.25) is 0 Å². The van der Waals surface area contributed by atoms with Crippen molar-refractivity contribution in [2.75, 3.05) is 6.61 Å². The molecule has 0 spiro atoms. The minimum atomic E-state index is -1.26. The molecule has 1 aromatic rings. The summed E-state index contributed by atoms with van der Waals surface area (Å²) in [4.78, 5) is 0. The van der Waals surface area contributed by atoms with Gasteiger partial charge in [0.25, 0.3) is 0 Å². The van der Waals surface area contributed by atoms with E-state index < -0.39 is 5.60 Å². The molecule has 1 rings (SSSR count). The van der Waals surface area contributed by atoms with Gasteiger partial charge in [-0.2, -0.15) is 0 Å². The van der Waals surface area contributed by atoms with Crippen LogP contribution in [0.5, 0.6) is 0 Å². The van der Waals surface area contributed by atoms with E-state index in [2.05, 4.69) is 5.32 Å². The molecule has 96 valence electrons. The van der Waals surface area contributed by atoms with Gasteiger partial charge in [0, 0.05) is 11.6 Å². The Balaban J connectivity index is 2.96. The summed E-state index contributed by atoms with van der Waals surface area (Å²) in [5.74, 6) is 0. The fourth-order valence-corrected chi connectivity index (χ4v) is 1.97. The summed E-state index contributed by atoms with van der Waals surface area (Å²) in [6, 6.07) is 9.03. The molecule has 0 aromatic heterocycles. The van der Waals surface area contributed by atoms with Crippen LogP contribution in [0.3, 0.4) is 0 Å². The van der Waals surface area contributed by atoms with Crippen LogP contribution in [-0.4, -0.2) is 28.4 Å². The van der Waals surface area contributed by atoms with Crippen LogP contribution in [0.25, 0.3) is 0 Å². The molecule has 0 aliphatic heterocycles. The van der Waals surface area contributed by atoms with Crippen molar-refractivity contribution in [3.63, 3.8) is 0 Å². The lowest BCUT2D eigenvalue weighted by Gasteiger charge is -2.37. The molecule has 17 heavy (non-hydrogen) atoms. The Kier molecular flexibility index (Phi) is 4.31. The van der Waals surface area contributed by atoms with E-state index in [1.165, 1.54) is 0 Å². The lowest BCUT2D eigenvalue weighted by atomic mass is 9.86. The van der Waals surface area contributed by atoms with E-state index in [0.717, 1.165) is 5.56 Å². The van der Waals surface area contributed by atoms with Crippen LogP contribution in [-0.2, 0) is 5.60 Å². The number of aliphatic hydroxyl groups excluding tert-OH is 1. The van der Waals surface area contributed by atoms with E-state index in [1.54, 1.807) is 0 Å². The van der Waals surface area contributed by atoms with Crippen molar-refractivity contribution >= 4 is 0 Å². The lowest BCUT2D eigenvalue weighted by Crippen LogP contribution is -2.54. The first-order valence-corrected chi connectivity index (χ1v) is 5.96. The Morgan fingerprint density at radius 2 is 1.71 bits per heavy atom. The van der Waals surface area contributed by atoms with Crippen molar-refractivity contribution in [1.29, 1.82) is 0 Å². The number of benzene rings is 1. The first-order valence-electron chi connectivity index (χ1n) is 5.96. The van der Waals surface area contributed by atoms with Gasteiger partial charge < -0.3 is 15.5 Å². The van der Waals surface area contributed by atoms with Crippen LogP contribution in [0.4, 0.5) is 0 Å². The number of rotatable bonds is 4. The minimum absolute atomic E-state index is 0.114. The fraction of sp³-hybridized carbons (Fsp3) is 0.571. The van der Waals surface area contributed by atoms with Gasteiger partial charge in [0.15, 0.2) is 0 Å². The second kappa shape index (κ2) is 5.17. The second-order valence-corrected chi connectivity index (χ2v) is 5.56. The van der Waals surface area contributed by atoms with E-state index in [4.69, 9.17) is 0 Å². The largest absolute Gasteiger partial charge is 0.393 e. The molecular weight excluding hydrogens is 214 g/mol. The highest BCUT2D eigenvalue weighted by Gasteiger charge is 2.36. The maximum absolute atomic E-state index is 10.6. The minimum Gasteiger partial charge on any atom is -0.393 e. The van der Waals surface area contributed by atoms with Crippen LogP contribution in [0, 0.1) is 0 Å². The van der Waals surface area contributed by atoms with E-state index in [-0.39, 0.29) is 18.2 Å². The van der Waals surface area contributed by atoms with Gasteiger partial charge >= 0.3 is 0 Å². The van der Waals surface area contributed by atoms with E-state index in [9.17, 15) is 10.2 Å². The van der Waals surface area contributed by atoms with E-state index >= 15 is 0 Å². The third-order valence-corrected chi connectivity index (χ3v) is 2.88. The smallest absolute Gasteiger partial charge is 0.127 e. The fourth-order valence-electron chi connectivity index (χ4n) is 1.97. The Bertz CT molecular complexity index is 345. The van der Waals surface area contributed by atoms with E-state index in [0.29, 0.717) is 0 Å². The van der Waals surface area contributed by atoms with Crippen LogP contribution in [0.15, 0.2) is 30.3 Å². The third-order valence-electron chi connectivity index (χ3n) is 2.88. The maximum Gasteiger partial charge on any atom is 0.127 e. The molecule has 0 aliphatic rings. The Labute approximate surface area is 103 Å². The first kappa shape index (κ1) is 14.2. The van der Waals surface area contributed by atoms with Crippen LogP contribution >= 0.6 is 0 Å². The van der Waals surface area contributed by atoms with Crippen LogP contribution in [0.1, 0.15) is 33.3 Å². The molecule has 0 radical (unpaired) electrons. The SMILES string of the molecule is CC(NC(C)(C)C)C(O)(CO)c1ccccc1. The molecule has 0 heterocycles. The second-order valence-electron chi connectivity index (χ2n) is 5.56. The molecule has 0 amide bonds. The average Bonchev–Trinajstić information content (AvgIpc) is 2.27. The summed E-state index contributed by atoms with van der Waals surface area (Å²) >= 11 is 0. The van der Waals surface area contributed by atoms with E-state index in [1.807, 2.05) is 58.0 Å². The zero-order valence-corrected chi connectivity index (χ0v) is 11.1. The zero-order valence-electron chi connectivity index (χ0n) is 11.1. The third kappa shape index (κ3) is 3.53. The number of hydrogen-bond acceptors (Lipinski definition) is 3. The number of aliphatic hydroxyl groups is 2. The monoisotopic (exact) mass is 237 g/mol. The topological polar surface area (TPSA) is 52.5 Å². The summed E-state index contributed by atoms with van der Waals surface area (Å²) in [5, 5.41) is 23.4. The molecule has 3 nitrogen and oxygen atoms in total. The van der Waals surface area contributed by atoms with Gasteiger partial charge in [-0.15, -0.1) is 0 Å². The molecule has 0 bridgehead atoms. The highest BCUT2D eigenvalue weighted by molar-refractivity contribution is 5.24. The number of nitrogens with one attached hydrogen (secondary N) is 1. The number of hydrogen-bond donors (Lipinski definition) is 3. The van der Waals surface area contributed by atoms with Crippen molar-refractivity contribution in [1.82, 2.24) is 5.32 Å². The van der Waals surface area contributed by atoms with Crippen molar-refractivity contribution in [2.24, 2.45) is 0 Å². The predicted octanol–water partition coefficient (Wildman–Crippen LogP) is 1.64. The standard InChI is InChI=1S/C14H23NO2/c1-11(15-13(2,3)4)14(17,10-16)12-8-6-5-7-9-12/h5-9,11,15-17H,10H2,1-4H3. The van der Waals surface area contributed by atoms with Crippen molar-refractivity contribution < 1.29 is 10.2 Å². The van der Waals surface area contributed by atoms with Crippen molar-refractivity contribution in [2.45, 2.75) is 44.9 Å². The molecule has 1 aromatic carbocycles.